The van der Waals surface area contributed by atoms with Crippen molar-refractivity contribution in [2.75, 3.05) is 13.3 Å². The largest absolute Gasteiger partial charge is 0.460 e. The van der Waals surface area contributed by atoms with Crippen LogP contribution in [0.5, 0.6) is 0 Å². The van der Waals surface area contributed by atoms with E-state index in [-0.39, 0.29) is 19.0 Å². The van der Waals surface area contributed by atoms with Gasteiger partial charge in [-0.1, -0.05) is 30.3 Å². The Morgan fingerprint density at radius 1 is 1.18 bits per heavy atom. The maximum Gasteiger partial charge on any atom is 0.323 e. The molecule has 11 heteroatoms. The third-order valence-electron chi connectivity index (χ3n) is 5.35. The van der Waals surface area contributed by atoms with Gasteiger partial charge in [-0.05, 0) is 25.5 Å². The Morgan fingerprint density at radius 3 is 2.56 bits per heavy atom. The lowest BCUT2D eigenvalue weighted by Crippen LogP contribution is -2.46. The SMILES string of the molecule is CC(=O)c1ccc[n+]([C@@H]2O[C@H](COP(C)(=O)N[C@@H](C)C(=O)OCc3ccccc3)[C@@H](O)[C@H]2O)c1. The van der Waals surface area contributed by atoms with E-state index in [1.54, 1.807) is 18.3 Å². The molecule has 184 valence electrons. The standard InChI is InChI=1S/C23H30N2O8P/c1-15(23(29)31-13-17-8-5-4-6-9-17)24-34(3,30)32-14-19-20(27)21(28)22(33-19)25-11-7-10-18(12-25)16(2)26/h4-12,15,19-22,27-28H,13-14H2,1-3H3,(H,24,30)/q+1/t15-,19+,20+,21+,22+,34?/m0/s1. The van der Waals surface area contributed by atoms with Crippen LogP contribution >= 0.6 is 7.52 Å². The lowest BCUT2D eigenvalue weighted by atomic mass is 10.1. The molecule has 3 rings (SSSR count). The van der Waals surface area contributed by atoms with E-state index >= 15 is 0 Å². The molecule has 1 unspecified atom stereocenters. The smallest absolute Gasteiger partial charge is 0.323 e. The summed E-state index contributed by atoms with van der Waals surface area (Å²) in [6, 6.07) is 11.5. The molecule has 1 aromatic carbocycles. The van der Waals surface area contributed by atoms with Crippen molar-refractivity contribution < 1.29 is 42.9 Å². The number of rotatable bonds is 10. The number of pyridine rings is 1. The van der Waals surface area contributed by atoms with Crippen molar-refractivity contribution in [2.24, 2.45) is 0 Å². The fraction of sp³-hybridized carbons (Fsp3) is 0.435. The lowest BCUT2D eigenvalue weighted by molar-refractivity contribution is -0.765. The minimum Gasteiger partial charge on any atom is -0.460 e. The zero-order valence-corrected chi connectivity index (χ0v) is 20.1. The van der Waals surface area contributed by atoms with Gasteiger partial charge in [0.05, 0.1) is 12.2 Å². The predicted octanol–water partition coefficient (Wildman–Crippen LogP) is 1.36. The van der Waals surface area contributed by atoms with Crippen molar-refractivity contribution >= 4 is 19.3 Å². The summed E-state index contributed by atoms with van der Waals surface area (Å²) in [7, 11) is -3.48. The van der Waals surface area contributed by atoms with Crippen LogP contribution in [0.25, 0.3) is 0 Å². The van der Waals surface area contributed by atoms with Gasteiger partial charge in [-0.2, -0.15) is 4.57 Å². The summed E-state index contributed by atoms with van der Waals surface area (Å²) in [5.74, 6) is -0.749. The van der Waals surface area contributed by atoms with Crippen LogP contribution in [0, 0.1) is 0 Å². The molecule has 0 radical (unpaired) electrons. The van der Waals surface area contributed by atoms with Gasteiger partial charge in [-0.3, -0.25) is 14.2 Å². The van der Waals surface area contributed by atoms with E-state index in [2.05, 4.69) is 5.09 Å². The molecule has 34 heavy (non-hydrogen) atoms. The molecule has 1 saturated heterocycles. The molecule has 1 aromatic heterocycles. The van der Waals surface area contributed by atoms with Gasteiger partial charge < -0.3 is 24.2 Å². The highest BCUT2D eigenvalue weighted by molar-refractivity contribution is 7.56. The van der Waals surface area contributed by atoms with Crippen molar-refractivity contribution in [2.45, 2.75) is 51.0 Å². The topological polar surface area (TPSA) is 135 Å². The van der Waals surface area contributed by atoms with Gasteiger partial charge in [0, 0.05) is 12.7 Å². The average molecular weight is 493 g/mol. The Kier molecular flexibility index (Phi) is 8.70. The average Bonchev–Trinajstić information content (AvgIpc) is 3.10. The number of hydrogen-bond donors (Lipinski definition) is 3. The number of nitrogens with zero attached hydrogens (tertiary/aromatic N) is 1. The number of Topliss-reactive ketones (excluding diaryl/α,β-unsaturated/α-hetero) is 1. The van der Waals surface area contributed by atoms with Crippen LogP contribution < -0.4 is 9.65 Å². The highest BCUT2D eigenvalue weighted by atomic mass is 31.2. The van der Waals surface area contributed by atoms with Crippen LogP contribution in [-0.2, 0) is 30.0 Å². The highest BCUT2D eigenvalue weighted by Gasteiger charge is 2.48. The summed E-state index contributed by atoms with van der Waals surface area (Å²) in [4.78, 5) is 23.9. The molecule has 10 nitrogen and oxygen atoms in total. The fourth-order valence-corrected chi connectivity index (χ4v) is 4.80. The Labute approximate surface area is 198 Å². The van der Waals surface area contributed by atoms with E-state index in [4.69, 9.17) is 14.0 Å². The molecule has 0 bridgehead atoms. The van der Waals surface area contributed by atoms with Crippen molar-refractivity contribution in [3.05, 3.63) is 66.0 Å². The molecule has 2 aromatic rings. The Morgan fingerprint density at radius 2 is 1.88 bits per heavy atom. The second-order valence-electron chi connectivity index (χ2n) is 8.23. The molecular formula is C23H30N2O8P+. The van der Waals surface area contributed by atoms with E-state index in [9.17, 15) is 24.4 Å². The number of benzene rings is 1. The first-order valence-corrected chi connectivity index (χ1v) is 12.9. The van der Waals surface area contributed by atoms with E-state index in [1.807, 2.05) is 30.3 Å². The predicted molar refractivity (Wildman–Crippen MR) is 121 cm³/mol. The van der Waals surface area contributed by atoms with Crippen molar-refractivity contribution in [1.82, 2.24) is 5.09 Å². The molecule has 0 amide bonds. The number of ketones is 1. The van der Waals surface area contributed by atoms with Crippen LogP contribution in [0.2, 0.25) is 0 Å². The molecular weight excluding hydrogens is 463 g/mol. The van der Waals surface area contributed by atoms with E-state index < -0.39 is 44.1 Å². The molecule has 1 fully saturated rings. The van der Waals surface area contributed by atoms with Gasteiger partial charge in [0.1, 0.15) is 24.9 Å². The molecule has 1 aliphatic heterocycles. The van der Waals surface area contributed by atoms with E-state index in [0.29, 0.717) is 5.56 Å². The number of carbonyl (C=O) groups excluding carboxylic acids is 2. The number of hydrogen-bond acceptors (Lipinski definition) is 8. The summed E-state index contributed by atoms with van der Waals surface area (Å²) < 4.78 is 30.7. The van der Waals surface area contributed by atoms with Crippen LogP contribution in [-0.4, -0.2) is 59.6 Å². The summed E-state index contributed by atoms with van der Waals surface area (Å²) in [6.45, 7) is 4.01. The van der Waals surface area contributed by atoms with Crippen molar-refractivity contribution in [3.8, 4) is 0 Å². The third kappa shape index (κ3) is 6.79. The number of aliphatic hydroxyl groups is 2. The number of esters is 1. The molecule has 0 aliphatic carbocycles. The molecule has 0 saturated carbocycles. The van der Waals surface area contributed by atoms with Crippen LogP contribution in [0.4, 0.5) is 0 Å². The fourth-order valence-electron chi connectivity index (χ4n) is 3.48. The van der Waals surface area contributed by atoms with E-state index in [0.717, 1.165) is 5.56 Å². The van der Waals surface area contributed by atoms with Gasteiger partial charge in [-0.25, -0.2) is 5.09 Å². The number of ether oxygens (including phenoxy) is 2. The number of aromatic nitrogens is 1. The van der Waals surface area contributed by atoms with Crippen LogP contribution in [0.1, 0.15) is 36.0 Å². The number of aliphatic hydroxyl groups excluding tert-OH is 2. The zero-order chi connectivity index (χ0) is 24.9. The van der Waals surface area contributed by atoms with Crippen molar-refractivity contribution in [3.63, 3.8) is 0 Å². The number of carbonyl (C=O) groups is 2. The maximum atomic E-state index is 12.8. The van der Waals surface area contributed by atoms with Gasteiger partial charge in [0.25, 0.3) is 13.7 Å². The first-order chi connectivity index (χ1) is 16.1. The third-order valence-corrected chi connectivity index (χ3v) is 6.85. The second kappa shape index (κ2) is 11.3. The zero-order valence-electron chi connectivity index (χ0n) is 19.2. The highest BCUT2D eigenvalue weighted by Crippen LogP contribution is 2.39. The van der Waals surface area contributed by atoms with Gasteiger partial charge in [0.2, 0.25) is 0 Å². The quantitative estimate of drug-likeness (QED) is 0.194. The summed E-state index contributed by atoms with van der Waals surface area (Å²) in [5.41, 5.74) is 1.24. The summed E-state index contributed by atoms with van der Waals surface area (Å²) >= 11 is 0. The Balaban J connectivity index is 1.53. The molecule has 3 N–H and O–H groups in total. The Bertz CT molecular complexity index is 1050. The van der Waals surface area contributed by atoms with E-state index in [1.165, 1.54) is 31.3 Å². The van der Waals surface area contributed by atoms with Crippen LogP contribution in [0.15, 0.2) is 54.9 Å². The number of nitrogens with one attached hydrogen (secondary N) is 1. The summed E-state index contributed by atoms with van der Waals surface area (Å²) in [6.07, 6.45) is -1.43. The van der Waals surface area contributed by atoms with Gasteiger partial charge in [0.15, 0.2) is 24.3 Å². The van der Waals surface area contributed by atoms with Gasteiger partial charge >= 0.3 is 5.97 Å². The molecule has 1 aliphatic rings. The monoisotopic (exact) mass is 493 g/mol. The summed E-state index contributed by atoms with van der Waals surface area (Å²) in [5, 5.41) is 23.4. The Hall–Kier alpha value is -2.46. The molecule has 6 atom stereocenters. The van der Waals surface area contributed by atoms with Crippen LogP contribution in [0.3, 0.4) is 0 Å². The maximum absolute atomic E-state index is 12.8. The first kappa shape index (κ1) is 26.2. The molecule has 2 heterocycles. The molecule has 0 spiro atoms. The minimum atomic E-state index is -3.48. The van der Waals surface area contributed by atoms with Gasteiger partial charge in [-0.15, -0.1) is 0 Å². The van der Waals surface area contributed by atoms with Crippen molar-refractivity contribution in [1.29, 1.82) is 0 Å². The lowest BCUT2D eigenvalue weighted by Gasteiger charge is -2.21. The normalized spacial score (nSPS) is 24.9. The first-order valence-electron chi connectivity index (χ1n) is 10.8. The second-order valence-corrected chi connectivity index (χ2v) is 10.4. The minimum absolute atomic E-state index is 0.0877.